The summed E-state index contributed by atoms with van der Waals surface area (Å²) < 4.78 is 132. The second kappa shape index (κ2) is 23.8. The number of hydrogen-bond acceptors (Lipinski definition) is 10. The molecule has 71 heavy (non-hydrogen) atoms. The molecular formula is C54H66N3O10PS3. The van der Waals surface area contributed by atoms with Crippen LogP contribution in [0.3, 0.4) is 0 Å². The van der Waals surface area contributed by atoms with Crippen molar-refractivity contribution in [2.24, 2.45) is 0 Å². The third kappa shape index (κ3) is 12.9. The van der Waals surface area contributed by atoms with E-state index in [0.717, 1.165) is 33.4 Å². The molecule has 0 spiro atoms. The number of aryl methyl sites for hydroxylation is 3. The highest BCUT2D eigenvalue weighted by Gasteiger charge is 2.43. The molecular weight excluding hydrogens is 978 g/mol. The molecule has 0 saturated carbocycles. The predicted octanol–water partition coefficient (Wildman–Crippen LogP) is 11.5. The Labute approximate surface area is 421 Å². The van der Waals surface area contributed by atoms with Crippen molar-refractivity contribution in [2.45, 2.75) is 134 Å². The molecule has 6 rings (SSSR count). The third-order valence-corrected chi connectivity index (χ3v) is 18.5. The van der Waals surface area contributed by atoms with Gasteiger partial charge in [0.2, 0.25) is 30.1 Å². The fourth-order valence-corrected chi connectivity index (χ4v) is 15.1. The van der Waals surface area contributed by atoms with E-state index < -0.39 is 56.6 Å². The van der Waals surface area contributed by atoms with Gasteiger partial charge in [-0.25, -0.2) is 29.8 Å². The first-order chi connectivity index (χ1) is 33.8. The van der Waals surface area contributed by atoms with E-state index in [1.54, 1.807) is 109 Å². The molecule has 3 N–H and O–H groups in total. The van der Waals surface area contributed by atoms with E-state index in [0.29, 0.717) is 55.2 Å². The minimum absolute atomic E-state index is 0.0268. The fraction of sp³-hybridized carbons (Fsp3) is 0.333. The largest absolute Gasteiger partial charge is 0.480 e. The van der Waals surface area contributed by atoms with Crippen molar-refractivity contribution in [1.82, 2.24) is 14.2 Å². The van der Waals surface area contributed by atoms with Crippen molar-refractivity contribution in [3.8, 4) is 0 Å². The van der Waals surface area contributed by atoms with Crippen LogP contribution in [0.25, 0.3) is 0 Å². The average Bonchev–Trinajstić information content (AvgIpc) is 3.35. The first-order valence-corrected chi connectivity index (χ1v) is 29.9. The van der Waals surface area contributed by atoms with E-state index in [1.807, 2.05) is 62.3 Å². The molecule has 0 aliphatic rings. The Morgan fingerprint density at radius 1 is 0.366 bits per heavy atom. The number of benzene rings is 6. The van der Waals surface area contributed by atoms with Gasteiger partial charge < -0.3 is 0 Å². The summed E-state index contributed by atoms with van der Waals surface area (Å²) in [4.78, 5) is -0.0804. The van der Waals surface area contributed by atoms with Gasteiger partial charge in [-0.2, -0.15) is 14.2 Å². The summed E-state index contributed by atoms with van der Waals surface area (Å²) in [5.41, 5.74) is 7.57. The quantitative estimate of drug-likeness (QED) is 0.0389. The number of nitrogens with one attached hydrogen (secondary N) is 3. The smallest absolute Gasteiger partial charge is 0.262 e. The summed E-state index contributed by atoms with van der Waals surface area (Å²) >= 11 is 0. The number of sulfonamides is 3. The fourth-order valence-electron chi connectivity index (χ4n) is 9.17. The summed E-state index contributed by atoms with van der Waals surface area (Å²) in [6, 6.07) is 33.8. The molecule has 3 atom stereocenters. The van der Waals surface area contributed by atoms with E-state index in [1.165, 1.54) is 18.2 Å². The van der Waals surface area contributed by atoms with Gasteiger partial charge in [0.05, 0.1) is 14.7 Å². The Morgan fingerprint density at radius 3 is 0.803 bits per heavy atom. The maximum absolute atomic E-state index is 16.3. The summed E-state index contributed by atoms with van der Waals surface area (Å²) in [6.45, 7) is 17.1. The number of phosphoric acid groups is 1. The summed E-state index contributed by atoms with van der Waals surface area (Å²) in [6.07, 6.45) is -2.70. The van der Waals surface area contributed by atoms with Crippen LogP contribution in [0.15, 0.2) is 142 Å². The van der Waals surface area contributed by atoms with Crippen molar-refractivity contribution >= 4 is 37.9 Å². The lowest BCUT2D eigenvalue weighted by atomic mass is 9.98. The maximum atomic E-state index is 16.3. The molecule has 0 aromatic heterocycles. The lowest BCUT2D eigenvalue weighted by molar-refractivity contribution is 0.0214. The third-order valence-electron chi connectivity index (χ3n) is 12.7. The second-order valence-corrected chi connectivity index (χ2v) is 23.7. The summed E-state index contributed by atoms with van der Waals surface area (Å²) in [5, 5.41) is 0. The highest BCUT2D eigenvalue weighted by atomic mass is 32.2. The average molecular weight is 1040 g/mol. The topological polar surface area (TPSA) is 183 Å². The first kappa shape index (κ1) is 55.5. The molecule has 6 aromatic carbocycles. The van der Waals surface area contributed by atoms with Gasteiger partial charge >= 0.3 is 7.82 Å². The summed E-state index contributed by atoms with van der Waals surface area (Å²) in [7, 11) is -19.1. The van der Waals surface area contributed by atoms with Crippen LogP contribution < -0.4 is 14.2 Å². The van der Waals surface area contributed by atoms with Crippen molar-refractivity contribution in [1.29, 1.82) is 0 Å². The number of hydrogen-bond donors (Lipinski definition) is 3. The standard InChI is InChI=1S/C54H66N3O10PS3/c1-10-43-37(7)31-34-49(46(43)13-4)69(59,60)55-52(40-25-19-16-20-26-40)65-68(58,66-53(41-27-21-17-22-28-41)56-70(61,62)50-35-32-38(8)44(11-2)47(50)14-5)67-54(42-29-23-18-24-30-42)57-71(63,64)51-36-33-39(9)45(12-3)48(51)15-6/h16-36,52-57H,10-15H2,1-9H3/t52-,53-,54-/m0/s1. The zero-order valence-corrected chi connectivity index (χ0v) is 45.2. The Balaban J connectivity index is 1.57. The molecule has 0 unspecified atom stereocenters. The van der Waals surface area contributed by atoms with Crippen LogP contribution in [0.1, 0.15) is 127 Å². The van der Waals surface area contributed by atoms with Crippen molar-refractivity contribution in [3.05, 3.63) is 194 Å². The van der Waals surface area contributed by atoms with Crippen LogP contribution in [-0.2, 0) is 86.7 Å². The molecule has 0 fully saturated rings. The van der Waals surface area contributed by atoms with Crippen LogP contribution in [0.4, 0.5) is 0 Å². The molecule has 0 amide bonds. The molecule has 6 aromatic rings. The predicted molar refractivity (Wildman–Crippen MR) is 279 cm³/mol. The number of phosphoric ester groups is 1. The zero-order chi connectivity index (χ0) is 51.7. The lowest BCUT2D eigenvalue weighted by Gasteiger charge is -2.31. The van der Waals surface area contributed by atoms with Gasteiger partial charge in [-0.15, -0.1) is 0 Å². The van der Waals surface area contributed by atoms with Crippen molar-refractivity contribution < 1.29 is 43.4 Å². The summed E-state index contributed by atoms with van der Waals surface area (Å²) in [5.74, 6) is 0. The van der Waals surface area contributed by atoms with Gasteiger partial charge in [0.15, 0.2) is 18.7 Å². The Kier molecular flexibility index (Phi) is 18.6. The molecule has 13 nitrogen and oxygen atoms in total. The minimum Gasteiger partial charge on any atom is -0.262 e. The van der Waals surface area contributed by atoms with Crippen LogP contribution in [-0.4, -0.2) is 25.3 Å². The van der Waals surface area contributed by atoms with Crippen LogP contribution in [0, 0.1) is 20.8 Å². The van der Waals surface area contributed by atoms with E-state index in [9.17, 15) is 25.3 Å². The molecule has 0 radical (unpaired) electrons. The van der Waals surface area contributed by atoms with Gasteiger partial charge in [0.25, 0.3) is 0 Å². The Hall–Kier alpha value is -4.84. The van der Waals surface area contributed by atoms with E-state index in [4.69, 9.17) is 13.6 Å². The van der Waals surface area contributed by atoms with Crippen LogP contribution in [0.2, 0.25) is 0 Å². The first-order valence-electron chi connectivity index (χ1n) is 24.0. The van der Waals surface area contributed by atoms with Crippen LogP contribution in [0.5, 0.6) is 0 Å². The minimum atomic E-state index is -5.52. The highest BCUT2D eigenvalue weighted by molar-refractivity contribution is 7.90. The maximum Gasteiger partial charge on any atom is 0.480 e. The van der Waals surface area contributed by atoms with E-state index in [-0.39, 0.29) is 31.4 Å². The normalized spacial score (nSPS) is 13.8. The van der Waals surface area contributed by atoms with Crippen molar-refractivity contribution in [3.63, 3.8) is 0 Å². The Morgan fingerprint density at radius 2 is 0.592 bits per heavy atom. The molecule has 0 bridgehead atoms. The Bertz CT molecular complexity index is 2860. The molecule has 380 valence electrons. The van der Waals surface area contributed by atoms with Gasteiger partial charge in [-0.3, -0.25) is 13.6 Å². The van der Waals surface area contributed by atoms with E-state index >= 15 is 4.57 Å². The molecule has 0 aliphatic heterocycles. The molecule has 0 aliphatic carbocycles. The number of rotatable bonds is 24. The zero-order valence-electron chi connectivity index (χ0n) is 41.9. The van der Waals surface area contributed by atoms with E-state index in [2.05, 4.69) is 14.2 Å². The monoisotopic (exact) mass is 1040 g/mol. The van der Waals surface area contributed by atoms with Gasteiger partial charge in [-0.05, 0) is 144 Å². The van der Waals surface area contributed by atoms with Crippen LogP contribution >= 0.6 is 7.82 Å². The van der Waals surface area contributed by atoms with Crippen molar-refractivity contribution in [2.75, 3.05) is 0 Å². The lowest BCUT2D eigenvalue weighted by Crippen LogP contribution is -2.35. The second-order valence-electron chi connectivity index (χ2n) is 17.1. The SMILES string of the molecule is CCc1c(C)ccc(S(=O)(=O)N[C@@H](OP(=O)(O[C@H](NS(=O)(=O)c2ccc(C)c(CC)c2CC)c2ccccc2)O[C@H](NS(=O)(=O)c2ccc(C)c(CC)c2CC)c2ccccc2)c2ccccc2)c1CC. The highest BCUT2D eigenvalue weighted by Crippen LogP contribution is 2.58. The van der Waals surface area contributed by atoms with Gasteiger partial charge in [0.1, 0.15) is 0 Å². The van der Waals surface area contributed by atoms with Gasteiger partial charge in [-0.1, -0.05) is 151 Å². The van der Waals surface area contributed by atoms with Gasteiger partial charge in [0, 0.05) is 0 Å². The molecule has 17 heteroatoms. The molecule has 0 saturated heterocycles. The molecule has 0 heterocycles.